The van der Waals surface area contributed by atoms with E-state index in [0.717, 1.165) is 5.56 Å². The molecule has 1 unspecified atom stereocenters. The summed E-state index contributed by atoms with van der Waals surface area (Å²) in [7, 11) is 0. The fraction of sp³-hybridized carbons (Fsp3) is 0.160. The molecule has 5 nitrogen and oxygen atoms in total. The maximum Gasteiger partial charge on any atom is 0.338 e. The maximum absolute atomic E-state index is 13.5. The summed E-state index contributed by atoms with van der Waals surface area (Å²) in [6.45, 7) is 3.72. The number of esters is 1. The third kappa shape index (κ3) is 4.88. The van der Waals surface area contributed by atoms with E-state index in [2.05, 4.69) is 4.99 Å². The minimum absolute atomic E-state index is 0.226. The van der Waals surface area contributed by atoms with E-state index < -0.39 is 12.0 Å². The van der Waals surface area contributed by atoms with Gasteiger partial charge in [0.05, 0.1) is 28.5 Å². The number of benzene rings is 2. The average Bonchev–Trinajstić information content (AvgIpc) is 3.09. The van der Waals surface area contributed by atoms with Crippen LogP contribution in [0.1, 0.15) is 31.0 Å². The molecule has 1 atom stereocenters. The van der Waals surface area contributed by atoms with E-state index in [1.54, 1.807) is 38.1 Å². The van der Waals surface area contributed by atoms with Gasteiger partial charge in [0, 0.05) is 10.0 Å². The Bertz CT molecular complexity index is 1450. The van der Waals surface area contributed by atoms with Crippen LogP contribution in [0, 0.1) is 0 Å². The molecule has 0 aliphatic carbocycles. The number of fused-ring (bicyclic) bond motifs is 1. The van der Waals surface area contributed by atoms with Crippen LogP contribution in [0.5, 0.6) is 0 Å². The molecule has 0 bridgehead atoms. The number of ether oxygens (including phenoxy) is 1. The highest BCUT2D eigenvalue weighted by molar-refractivity contribution is 7.07. The molecule has 2 aromatic carbocycles. The van der Waals surface area contributed by atoms with Crippen LogP contribution in [0.15, 0.2) is 75.7 Å². The first-order chi connectivity index (χ1) is 15.9. The number of rotatable bonds is 5. The Morgan fingerprint density at radius 2 is 1.97 bits per heavy atom. The van der Waals surface area contributed by atoms with Crippen molar-refractivity contribution >= 4 is 52.7 Å². The number of hydrogen-bond donors (Lipinski definition) is 0. The molecule has 0 saturated heterocycles. The zero-order valence-corrected chi connectivity index (χ0v) is 20.2. The van der Waals surface area contributed by atoms with Crippen LogP contribution in [0.4, 0.5) is 0 Å². The van der Waals surface area contributed by atoms with Crippen molar-refractivity contribution in [1.29, 1.82) is 0 Å². The van der Waals surface area contributed by atoms with Crippen molar-refractivity contribution in [1.82, 2.24) is 4.57 Å². The molecule has 2 heterocycles. The van der Waals surface area contributed by atoms with Gasteiger partial charge >= 0.3 is 5.97 Å². The summed E-state index contributed by atoms with van der Waals surface area (Å²) < 4.78 is 7.26. The lowest BCUT2D eigenvalue weighted by Gasteiger charge is -2.21. The third-order valence-corrected chi connectivity index (χ3v) is 6.62. The average molecular weight is 499 g/mol. The maximum atomic E-state index is 13.5. The SMILES string of the molecule is CCOC(=O)C1=C(C)N=c2s/c(=C/c3ccc(Cl)cc3Cl)c(=O)n2C1/C=C\c1ccccc1. The van der Waals surface area contributed by atoms with Crippen molar-refractivity contribution < 1.29 is 9.53 Å². The summed E-state index contributed by atoms with van der Waals surface area (Å²) in [5, 5.41) is 0.955. The minimum Gasteiger partial charge on any atom is -0.463 e. The second-order valence-electron chi connectivity index (χ2n) is 7.28. The molecule has 33 heavy (non-hydrogen) atoms. The zero-order chi connectivity index (χ0) is 23.5. The lowest BCUT2D eigenvalue weighted by atomic mass is 10.0. The van der Waals surface area contributed by atoms with Crippen molar-refractivity contribution in [3.8, 4) is 0 Å². The fourth-order valence-electron chi connectivity index (χ4n) is 3.54. The van der Waals surface area contributed by atoms with Gasteiger partial charge in [0.1, 0.15) is 0 Å². The first-order valence-electron chi connectivity index (χ1n) is 10.3. The number of hydrogen-bond acceptors (Lipinski definition) is 5. The molecule has 1 aliphatic heterocycles. The largest absolute Gasteiger partial charge is 0.463 e. The van der Waals surface area contributed by atoms with E-state index in [9.17, 15) is 9.59 Å². The van der Waals surface area contributed by atoms with Gasteiger partial charge in [-0.15, -0.1) is 0 Å². The third-order valence-electron chi connectivity index (χ3n) is 5.08. The summed E-state index contributed by atoms with van der Waals surface area (Å²) in [4.78, 5) is 31.3. The normalized spacial score (nSPS) is 16.1. The van der Waals surface area contributed by atoms with Gasteiger partial charge in [0.2, 0.25) is 0 Å². The van der Waals surface area contributed by atoms with Gasteiger partial charge in [-0.05, 0) is 43.2 Å². The quantitative estimate of drug-likeness (QED) is 0.476. The second-order valence-corrected chi connectivity index (χ2v) is 9.13. The molecular formula is C25H20Cl2N2O3S. The van der Waals surface area contributed by atoms with Crippen LogP contribution in [-0.4, -0.2) is 17.1 Å². The van der Waals surface area contributed by atoms with Crippen molar-refractivity contribution in [3.05, 3.63) is 107 Å². The Hall–Kier alpha value is -2.93. The van der Waals surface area contributed by atoms with Crippen molar-refractivity contribution in [3.63, 3.8) is 0 Å². The summed E-state index contributed by atoms with van der Waals surface area (Å²) in [5.74, 6) is -0.489. The topological polar surface area (TPSA) is 60.7 Å². The number of thiazole rings is 1. The zero-order valence-electron chi connectivity index (χ0n) is 17.9. The standard InChI is InChI=1S/C25H20Cl2N2O3S/c1-3-32-24(31)22-15(2)28-25-29(20(22)12-9-16-7-5-4-6-8-16)23(30)21(33-25)13-17-10-11-18(26)14-19(17)27/h4-14,20H,3H2,1-2H3/b12-9-,21-13+. The van der Waals surface area contributed by atoms with Crippen LogP contribution in [0.25, 0.3) is 12.2 Å². The van der Waals surface area contributed by atoms with Crippen LogP contribution in [0.2, 0.25) is 10.0 Å². The monoisotopic (exact) mass is 498 g/mol. The van der Waals surface area contributed by atoms with E-state index in [-0.39, 0.29) is 12.2 Å². The Morgan fingerprint density at radius 1 is 1.21 bits per heavy atom. The molecule has 0 amide bonds. The van der Waals surface area contributed by atoms with Crippen LogP contribution < -0.4 is 14.9 Å². The van der Waals surface area contributed by atoms with Gasteiger partial charge in [0.15, 0.2) is 4.80 Å². The summed E-state index contributed by atoms with van der Waals surface area (Å²) in [6, 6.07) is 14.1. The first-order valence-corrected chi connectivity index (χ1v) is 11.8. The summed E-state index contributed by atoms with van der Waals surface area (Å²) >= 11 is 13.5. The van der Waals surface area contributed by atoms with Gasteiger partial charge in [0.25, 0.3) is 5.56 Å². The Labute approximate surface area is 204 Å². The molecule has 0 radical (unpaired) electrons. The minimum atomic E-state index is -0.650. The van der Waals surface area contributed by atoms with Gasteiger partial charge in [-0.1, -0.05) is 83.1 Å². The Morgan fingerprint density at radius 3 is 2.67 bits per heavy atom. The molecule has 4 rings (SSSR count). The van der Waals surface area contributed by atoms with Crippen LogP contribution in [-0.2, 0) is 9.53 Å². The van der Waals surface area contributed by atoms with Crippen molar-refractivity contribution in [2.45, 2.75) is 19.9 Å². The van der Waals surface area contributed by atoms with E-state index in [4.69, 9.17) is 27.9 Å². The number of aromatic nitrogens is 1. The van der Waals surface area contributed by atoms with E-state index >= 15 is 0 Å². The smallest absolute Gasteiger partial charge is 0.338 e. The Kier molecular flexibility index (Phi) is 6.98. The number of allylic oxidation sites excluding steroid dienone is 2. The van der Waals surface area contributed by atoms with Gasteiger partial charge in [-0.2, -0.15) is 0 Å². The van der Waals surface area contributed by atoms with Gasteiger partial charge in [-0.25, -0.2) is 9.79 Å². The van der Waals surface area contributed by atoms with E-state index in [1.807, 2.05) is 42.5 Å². The van der Waals surface area contributed by atoms with Gasteiger partial charge in [-0.3, -0.25) is 9.36 Å². The highest BCUT2D eigenvalue weighted by Crippen LogP contribution is 2.26. The molecule has 0 fully saturated rings. The van der Waals surface area contributed by atoms with Crippen LogP contribution >= 0.6 is 34.5 Å². The molecule has 1 aliphatic rings. The second kappa shape index (κ2) is 9.91. The molecule has 1 aromatic heterocycles. The fourth-order valence-corrected chi connectivity index (χ4v) is 5.05. The molecular weight excluding hydrogens is 479 g/mol. The van der Waals surface area contributed by atoms with Gasteiger partial charge < -0.3 is 4.74 Å². The number of carbonyl (C=O) groups is 1. The highest BCUT2D eigenvalue weighted by atomic mass is 35.5. The van der Waals surface area contributed by atoms with E-state index in [0.29, 0.717) is 36.2 Å². The molecule has 0 saturated carbocycles. The Balaban J connectivity index is 1.89. The van der Waals surface area contributed by atoms with E-state index in [1.165, 1.54) is 15.9 Å². The predicted octanol–water partition coefficient (Wildman–Crippen LogP) is 4.77. The lowest BCUT2D eigenvalue weighted by molar-refractivity contribution is -0.139. The first kappa shape index (κ1) is 23.2. The van der Waals surface area contributed by atoms with Crippen LogP contribution in [0.3, 0.4) is 0 Å². The molecule has 3 aromatic rings. The lowest BCUT2D eigenvalue weighted by Crippen LogP contribution is -2.38. The molecule has 168 valence electrons. The number of carbonyl (C=O) groups excluding carboxylic acids is 1. The summed E-state index contributed by atoms with van der Waals surface area (Å²) in [6.07, 6.45) is 5.43. The molecule has 0 spiro atoms. The van der Waals surface area contributed by atoms with Crippen molar-refractivity contribution in [2.24, 2.45) is 4.99 Å². The molecule has 0 N–H and O–H groups in total. The number of halogens is 2. The highest BCUT2D eigenvalue weighted by Gasteiger charge is 2.30. The number of nitrogens with zero attached hydrogens (tertiary/aromatic N) is 2. The predicted molar refractivity (Wildman–Crippen MR) is 133 cm³/mol. The van der Waals surface area contributed by atoms with Crippen molar-refractivity contribution in [2.75, 3.05) is 6.61 Å². The summed E-state index contributed by atoms with van der Waals surface area (Å²) in [5.41, 5.74) is 2.22. The molecule has 8 heteroatoms.